The summed E-state index contributed by atoms with van der Waals surface area (Å²) in [6.07, 6.45) is -0.671. The molecule has 13 heavy (non-hydrogen) atoms. The Balaban J connectivity index is 3.07. The Kier molecular flexibility index (Phi) is 3.28. The highest BCUT2D eigenvalue weighted by atomic mass is 16.5. The monoisotopic (exact) mass is 181 g/mol. The molecule has 1 aromatic rings. The van der Waals surface area contributed by atoms with E-state index in [4.69, 9.17) is 4.74 Å². The molecule has 0 amide bonds. The average Bonchev–Trinajstić information content (AvgIpc) is 2.16. The summed E-state index contributed by atoms with van der Waals surface area (Å²) in [5.74, 6) is 0.701. The third-order valence-corrected chi connectivity index (χ3v) is 1.95. The Morgan fingerprint density at radius 1 is 1.46 bits per heavy atom. The number of ether oxygens (including phenoxy) is 1. The molecule has 0 aliphatic rings. The molecule has 0 radical (unpaired) electrons. The maximum atomic E-state index is 9.57. The fourth-order valence-corrected chi connectivity index (χ4v) is 1.22. The highest BCUT2D eigenvalue weighted by molar-refractivity contribution is 5.38. The van der Waals surface area contributed by atoms with E-state index in [0.29, 0.717) is 5.75 Å². The zero-order valence-electron chi connectivity index (χ0n) is 8.16. The van der Waals surface area contributed by atoms with Gasteiger partial charge in [0.25, 0.3) is 0 Å². The van der Waals surface area contributed by atoms with Gasteiger partial charge in [0.1, 0.15) is 12.0 Å². The fourth-order valence-electron chi connectivity index (χ4n) is 1.22. The van der Waals surface area contributed by atoms with Crippen molar-refractivity contribution in [1.82, 2.24) is 5.32 Å². The number of aryl methyl sites for hydroxylation is 1. The van der Waals surface area contributed by atoms with Crippen LogP contribution in [0, 0.1) is 6.92 Å². The second-order valence-corrected chi connectivity index (χ2v) is 2.94. The van der Waals surface area contributed by atoms with Gasteiger partial charge in [0.15, 0.2) is 0 Å². The predicted molar refractivity (Wildman–Crippen MR) is 51.8 cm³/mol. The molecule has 1 unspecified atom stereocenters. The molecule has 0 fully saturated rings. The lowest BCUT2D eigenvalue weighted by molar-refractivity contribution is 0.145. The van der Waals surface area contributed by atoms with Gasteiger partial charge in [-0.2, -0.15) is 0 Å². The van der Waals surface area contributed by atoms with Crippen LogP contribution in [0.5, 0.6) is 5.75 Å². The van der Waals surface area contributed by atoms with E-state index < -0.39 is 6.23 Å². The van der Waals surface area contributed by atoms with Crippen molar-refractivity contribution in [1.29, 1.82) is 0 Å². The summed E-state index contributed by atoms with van der Waals surface area (Å²) in [6.45, 7) is 1.98. The minimum absolute atomic E-state index is 0.671. The van der Waals surface area contributed by atoms with Crippen LogP contribution < -0.4 is 10.1 Å². The highest BCUT2D eigenvalue weighted by Gasteiger charge is 2.10. The number of nitrogens with one attached hydrogen (secondary N) is 1. The van der Waals surface area contributed by atoms with E-state index in [0.717, 1.165) is 11.1 Å². The first-order valence-electron chi connectivity index (χ1n) is 4.19. The van der Waals surface area contributed by atoms with Gasteiger partial charge < -0.3 is 9.84 Å². The minimum atomic E-state index is -0.671. The lowest BCUT2D eigenvalue weighted by Gasteiger charge is -2.14. The largest absolute Gasteiger partial charge is 0.496 e. The third kappa shape index (κ3) is 2.20. The summed E-state index contributed by atoms with van der Waals surface area (Å²) >= 11 is 0. The molecule has 3 heteroatoms. The van der Waals surface area contributed by atoms with Crippen LogP contribution in [0.2, 0.25) is 0 Å². The molecule has 1 rings (SSSR count). The Bertz CT molecular complexity index is 286. The molecule has 3 nitrogen and oxygen atoms in total. The molecule has 0 aliphatic heterocycles. The van der Waals surface area contributed by atoms with Gasteiger partial charge >= 0.3 is 0 Å². The molecule has 0 saturated carbocycles. The van der Waals surface area contributed by atoms with E-state index >= 15 is 0 Å². The van der Waals surface area contributed by atoms with Crippen LogP contribution in [0.1, 0.15) is 17.4 Å². The van der Waals surface area contributed by atoms with Gasteiger partial charge in [-0.3, -0.25) is 5.32 Å². The van der Waals surface area contributed by atoms with E-state index in [9.17, 15) is 5.11 Å². The van der Waals surface area contributed by atoms with Gasteiger partial charge in [0.2, 0.25) is 0 Å². The van der Waals surface area contributed by atoms with Crippen molar-refractivity contribution in [2.45, 2.75) is 13.2 Å². The number of hydrogen-bond donors (Lipinski definition) is 2. The second-order valence-electron chi connectivity index (χ2n) is 2.94. The molecular weight excluding hydrogens is 166 g/mol. The van der Waals surface area contributed by atoms with Crippen LogP contribution >= 0.6 is 0 Å². The average molecular weight is 181 g/mol. The van der Waals surface area contributed by atoms with Crippen molar-refractivity contribution in [3.05, 3.63) is 29.3 Å². The van der Waals surface area contributed by atoms with Gasteiger partial charge in [-0.1, -0.05) is 11.6 Å². The molecule has 0 aliphatic carbocycles. The quantitative estimate of drug-likeness (QED) is 0.689. The lowest BCUT2D eigenvalue weighted by Crippen LogP contribution is -2.16. The number of hydrogen-bond acceptors (Lipinski definition) is 3. The van der Waals surface area contributed by atoms with Crippen molar-refractivity contribution < 1.29 is 9.84 Å². The second kappa shape index (κ2) is 4.25. The number of rotatable bonds is 3. The van der Waals surface area contributed by atoms with Crippen LogP contribution in [0.25, 0.3) is 0 Å². The van der Waals surface area contributed by atoms with E-state index in [1.165, 1.54) is 0 Å². The normalized spacial score (nSPS) is 12.6. The van der Waals surface area contributed by atoms with Gasteiger partial charge in [0, 0.05) is 5.56 Å². The molecule has 2 N–H and O–H groups in total. The van der Waals surface area contributed by atoms with E-state index in [1.807, 2.05) is 25.1 Å². The van der Waals surface area contributed by atoms with Crippen LogP contribution in [0.15, 0.2) is 18.2 Å². The van der Waals surface area contributed by atoms with Gasteiger partial charge in [-0.15, -0.1) is 0 Å². The summed E-state index contributed by atoms with van der Waals surface area (Å²) in [7, 11) is 3.29. The summed E-state index contributed by atoms with van der Waals surface area (Å²) in [6, 6.07) is 5.70. The molecule has 0 aromatic heterocycles. The first kappa shape index (κ1) is 10.0. The third-order valence-electron chi connectivity index (χ3n) is 1.95. The zero-order chi connectivity index (χ0) is 9.84. The molecule has 0 spiro atoms. The first-order valence-corrected chi connectivity index (χ1v) is 4.19. The number of aliphatic hydroxyl groups excluding tert-OH is 1. The molecule has 0 heterocycles. The van der Waals surface area contributed by atoms with Crippen molar-refractivity contribution in [2.75, 3.05) is 14.2 Å². The standard InChI is InChI=1S/C10H15NO2/c1-7-4-5-9(13-3)8(6-7)10(12)11-2/h4-6,10-12H,1-3H3. The fraction of sp³-hybridized carbons (Fsp3) is 0.400. The van der Waals surface area contributed by atoms with Crippen LogP contribution in [-0.4, -0.2) is 19.3 Å². The summed E-state index contributed by atoms with van der Waals surface area (Å²) < 4.78 is 5.12. The summed E-state index contributed by atoms with van der Waals surface area (Å²) in [5.41, 5.74) is 1.87. The predicted octanol–water partition coefficient (Wildman–Crippen LogP) is 1.21. The van der Waals surface area contributed by atoms with E-state index in [1.54, 1.807) is 14.2 Å². The summed E-state index contributed by atoms with van der Waals surface area (Å²) in [4.78, 5) is 0. The molecular formula is C10H15NO2. The highest BCUT2D eigenvalue weighted by Crippen LogP contribution is 2.24. The Morgan fingerprint density at radius 3 is 2.69 bits per heavy atom. The van der Waals surface area contributed by atoms with Crippen molar-refractivity contribution >= 4 is 0 Å². The lowest BCUT2D eigenvalue weighted by atomic mass is 10.1. The van der Waals surface area contributed by atoms with Crippen molar-refractivity contribution in [2.24, 2.45) is 0 Å². The topological polar surface area (TPSA) is 41.5 Å². The molecule has 72 valence electrons. The van der Waals surface area contributed by atoms with Crippen molar-refractivity contribution in [3.63, 3.8) is 0 Å². The number of aliphatic hydroxyl groups is 1. The molecule has 0 saturated heterocycles. The van der Waals surface area contributed by atoms with Gasteiger partial charge in [-0.05, 0) is 26.1 Å². The minimum Gasteiger partial charge on any atom is -0.496 e. The van der Waals surface area contributed by atoms with Crippen molar-refractivity contribution in [3.8, 4) is 5.75 Å². The van der Waals surface area contributed by atoms with E-state index in [-0.39, 0.29) is 0 Å². The molecule has 0 bridgehead atoms. The first-order chi connectivity index (χ1) is 6.19. The number of benzene rings is 1. The van der Waals surface area contributed by atoms with Crippen LogP contribution in [0.3, 0.4) is 0 Å². The van der Waals surface area contributed by atoms with E-state index in [2.05, 4.69) is 5.32 Å². The van der Waals surface area contributed by atoms with Crippen LogP contribution in [-0.2, 0) is 0 Å². The molecule has 1 atom stereocenters. The summed E-state index contributed by atoms with van der Waals surface area (Å²) in [5, 5.41) is 12.3. The smallest absolute Gasteiger partial charge is 0.134 e. The SMILES string of the molecule is CNC(O)c1cc(C)ccc1OC. The Hall–Kier alpha value is -1.06. The van der Waals surface area contributed by atoms with Gasteiger partial charge in [-0.25, -0.2) is 0 Å². The number of methoxy groups -OCH3 is 1. The van der Waals surface area contributed by atoms with Crippen LogP contribution in [0.4, 0.5) is 0 Å². The Labute approximate surface area is 78.3 Å². The Morgan fingerprint density at radius 2 is 2.15 bits per heavy atom. The maximum absolute atomic E-state index is 9.57. The molecule has 1 aromatic carbocycles. The maximum Gasteiger partial charge on any atom is 0.134 e. The van der Waals surface area contributed by atoms with Gasteiger partial charge in [0.05, 0.1) is 7.11 Å². The zero-order valence-corrected chi connectivity index (χ0v) is 8.16.